The molecule has 0 aliphatic carbocycles. The highest BCUT2D eigenvalue weighted by Crippen LogP contribution is 2.27. The lowest BCUT2D eigenvalue weighted by Gasteiger charge is -2.39. The van der Waals surface area contributed by atoms with Gasteiger partial charge in [-0.05, 0) is 45.2 Å². The van der Waals surface area contributed by atoms with Gasteiger partial charge in [-0.25, -0.2) is 0 Å². The van der Waals surface area contributed by atoms with Crippen molar-refractivity contribution in [2.45, 2.75) is 44.2 Å². The molecule has 3 rings (SSSR count). The molecule has 3 aliphatic rings. The fourth-order valence-electron chi connectivity index (χ4n) is 4.03. The summed E-state index contributed by atoms with van der Waals surface area (Å²) in [5, 5.41) is 12.5. The Labute approximate surface area is 125 Å². The van der Waals surface area contributed by atoms with Crippen LogP contribution in [0.5, 0.6) is 0 Å². The van der Waals surface area contributed by atoms with Crippen LogP contribution < -0.4 is 5.32 Å². The molecule has 0 radical (unpaired) electrons. The van der Waals surface area contributed by atoms with Gasteiger partial charge in [0.05, 0.1) is 5.92 Å². The van der Waals surface area contributed by atoms with Crippen LogP contribution in [0, 0.1) is 5.92 Å². The average molecular weight is 295 g/mol. The Balaban J connectivity index is 1.52. The van der Waals surface area contributed by atoms with Crippen LogP contribution in [0.15, 0.2) is 0 Å². The highest BCUT2D eigenvalue weighted by molar-refractivity contribution is 5.79. The van der Waals surface area contributed by atoms with E-state index in [9.17, 15) is 14.7 Å². The Kier molecular flexibility index (Phi) is 4.45. The maximum atomic E-state index is 12.4. The molecule has 3 saturated heterocycles. The van der Waals surface area contributed by atoms with Crippen LogP contribution in [0.4, 0.5) is 0 Å². The SMILES string of the molecule is O=C(O)C1CCCN1C1CCN(C(=O)C2CCNC2)CC1. The van der Waals surface area contributed by atoms with Gasteiger partial charge in [0, 0.05) is 25.7 Å². The van der Waals surface area contributed by atoms with Crippen LogP contribution in [-0.4, -0.2) is 71.6 Å². The average Bonchev–Trinajstić information content (AvgIpc) is 3.18. The number of nitrogens with zero attached hydrogens (tertiary/aromatic N) is 2. The Morgan fingerprint density at radius 2 is 1.81 bits per heavy atom. The number of aliphatic carboxylic acids is 1. The van der Waals surface area contributed by atoms with E-state index in [4.69, 9.17) is 0 Å². The second-order valence-corrected chi connectivity index (χ2v) is 6.48. The first-order chi connectivity index (χ1) is 10.2. The lowest BCUT2D eigenvalue weighted by atomic mass is 9.99. The van der Waals surface area contributed by atoms with E-state index in [-0.39, 0.29) is 17.9 Å². The summed E-state index contributed by atoms with van der Waals surface area (Å²) in [6, 6.07) is 0.0237. The maximum Gasteiger partial charge on any atom is 0.320 e. The van der Waals surface area contributed by atoms with Gasteiger partial charge >= 0.3 is 5.97 Å². The third-order valence-electron chi connectivity index (χ3n) is 5.23. The zero-order valence-electron chi connectivity index (χ0n) is 12.5. The molecular weight excluding hydrogens is 270 g/mol. The number of rotatable bonds is 3. The summed E-state index contributed by atoms with van der Waals surface area (Å²) in [6.07, 6.45) is 4.52. The number of likely N-dealkylation sites (tertiary alicyclic amines) is 2. The quantitative estimate of drug-likeness (QED) is 0.774. The standard InChI is InChI=1S/C15H25N3O3/c19-14(11-3-6-16-10-11)17-8-4-12(5-9-17)18-7-1-2-13(18)15(20)21/h11-13,16H,1-10H2,(H,20,21). The van der Waals surface area contributed by atoms with Gasteiger partial charge in [0.15, 0.2) is 0 Å². The fraction of sp³-hybridized carbons (Fsp3) is 0.867. The highest BCUT2D eigenvalue weighted by Gasteiger charge is 2.38. The predicted octanol–water partition coefficient (Wildman–Crippen LogP) is 0.136. The topological polar surface area (TPSA) is 72.9 Å². The summed E-state index contributed by atoms with van der Waals surface area (Å²) in [6.45, 7) is 4.21. The van der Waals surface area contributed by atoms with Crippen LogP contribution in [0.1, 0.15) is 32.1 Å². The van der Waals surface area contributed by atoms with E-state index in [1.54, 1.807) is 0 Å². The Bertz CT molecular complexity index is 401. The third kappa shape index (κ3) is 3.06. The van der Waals surface area contributed by atoms with Crippen molar-refractivity contribution in [3.63, 3.8) is 0 Å². The van der Waals surface area contributed by atoms with Crippen molar-refractivity contribution < 1.29 is 14.7 Å². The first-order valence-electron chi connectivity index (χ1n) is 8.15. The lowest BCUT2D eigenvalue weighted by molar-refractivity contribution is -0.144. The minimum atomic E-state index is -0.692. The van der Waals surface area contributed by atoms with Gasteiger partial charge in [0.25, 0.3) is 0 Å². The number of amides is 1. The normalized spacial score (nSPS) is 31.7. The van der Waals surface area contributed by atoms with Crippen molar-refractivity contribution in [1.29, 1.82) is 0 Å². The molecule has 3 fully saturated rings. The summed E-state index contributed by atoms with van der Waals surface area (Å²) in [4.78, 5) is 27.8. The van der Waals surface area contributed by atoms with Crippen molar-refractivity contribution in [2.75, 3.05) is 32.7 Å². The molecule has 3 aliphatic heterocycles. The molecule has 21 heavy (non-hydrogen) atoms. The summed E-state index contributed by atoms with van der Waals surface area (Å²) >= 11 is 0. The molecule has 2 atom stereocenters. The predicted molar refractivity (Wildman–Crippen MR) is 77.9 cm³/mol. The van der Waals surface area contributed by atoms with E-state index >= 15 is 0 Å². The fourth-order valence-corrected chi connectivity index (χ4v) is 4.03. The molecule has 0 saturated carbocycles. The summed E-state index contributed by atoms with van der Waals surface area (Å²) < 4.78 is 0. The van der Waals surface area contributed by atoms with Crippen molar-refractivity contribution in [2.24, 2.45) is 5.92 Å². The number of hydrogen-bond acceptors (Lipinski definition) is 4. The maximum absolute atomic E-state index is 12.4. The molecule has 118 valence electrons. The zero-order chi connectivity index (χ0) is 14.8. The van der Waals surface area contributed by atoms with E-state index in [1.165, 1.54) is 0 Å². The molecule has 0 spiro atoms. The van der Waals surface area contributed by atoms with Gasteiger partial charge in [0.2, 0.25) is 5.91 Å². The summed E-state index contributed by atoms with van der Waals surface area (Å²) in [5.41, 5.74) is 0. The van der Waals surface area contributed by atoms with Crippen LogP contribution in [0.3, 0.4) is 0 Å². The van der Waals surface area contributed by atoms with Gasteiger partial charge in [-0.15, -0.1) is 0 Å². The largest absolute Gasteiger partial charge is 0.480 e. The molecule has 6 nitrogen and oxygen atoms in total. The Hall–Kier alpha value is -1.14. The van der Waals surface area contributed by atoms with Crippen LogP contribution >= 0.6 is 0 Å². The Morgan fingerprint density at radius 3 is 2.43 bits per heavy atom. The number of carboxylic acids is 1. The van der Waals surface area contributed by atoms with E-state index in [0.717, 1.165) is 64.8 Å². The summed E-state index contributed by atoms with van der Waals surface area (Å²) in [5.74, 6) is -0.252. The van der Waals surface area contributed by atoms with Crippen LogP contribution in [0.25, 0.3) is 0 Å². The minimum Gasteiger partial charge on any atom is -0.480 e. The number of piperidine rings is 1. The van der Waals surface area contributed by atoms with Crippen molar-refractivity contribution >= 4 is 11.9 Å². The van der Waals surface area contributed by atoms with E-state index < -0.39 is 5.97 Å². The molecule has 2 unspecified atom stereocenters. The molecule has 6 heteroatoms. The Morgan fingerprint density at radius 1 is 1.05 bits per heavy atom. The number of carbonyl (C=O) groups excluding carboxylic acids is 1. The van der Waals surface area contributed by atoms with Crippen LogP contribution in [-0.2, 0) is 9.59 Å². The number of carboxylic acid groups (broad SMARTS) is 1. The van der Waals surface area contributed by atoms with Crippen molar-refractivity contribution in [3.8, 4) is 0 Å². The van der Waals surface area contributed by atoms with E-state index in [2.05, 4.69) is 10.2 Å². The van der Waals surface area contributed by atoms with Gasteiger partial charge in [0.1, 0.15) is 6.04 Å². The molecule has 3 heterocycles. The molecule has 1 amide bonds. The molecule has 2 N–H and O–H groups in total. The first-order valence-corrected chi connectivity index (χ1v) is 8.15. The first kappa shape index (κ1) is 14.8. The minimum absolute atomic E-state index is 0.153. The second-order valence-electron chi connectivity index (χ2n) is 6.48. The number of hydrogen-bond donors (Lipinski definition) is 2. The molecular formula is C15H25N3O3. The van der Waals surface area contributed by atoms with Crippen LogP contribution in [0.2, 0.25) is 0 Å². The smallest absolute Gasteiger partial charge is 0.320 e. The monoisotopic (exact) mass is 295 g/mol. The van der Waals surface area contributed by atoms with Crippen molar-refractivity contribution in [3.05, 3.63) is 0 Å². The molecule has 0 aromatic carbocycles. The van der Waals surface area contributed by atoms with E-state index in [1.807, 2.05) is 4.90 Å². The lowest BCUT2D eigenvalue weighted by Crippen LogP contribution is -2.51. The number of carbonyl (C=O) groups is 2. The van der Waals surface area contributed by atoms with Gasteiger partial charge in [-0.3, -0.25) is 14.5 Å². The summed E-state index contributed by atoms with van der Waals surface area (Å²) in [7, 11) is 0. The zero-order valence-corrected chi connectivity index (χ0v) is 12.5. The molecule has 0 aromatic heterocycles. The van der Waals surface area contributed by atoms with Gasteiger partial charge < -0.3 is 15.3 Å². The van der Waals surface area contributed by atoms with Gasteiger partial charge in [-0.2, -0.15) is 0 Å². The molecule has 0 bridgehead atoms. The van der Waals surface area contributed by atoms with E-state index in [0.29, 0.717) is 6.04 Å². The second kappa shape index (κ2) is 6.32. The molecule has 0 aromatic rings. The third-order valence-corrected chi connectivity index (χ3v) is 5.23. The number of nitrogens with one attached hydrogen (secondary N) is 1. The van der Waals surface area contributed by atoms with Crippen molar-refractivity contribution in [1.82, 2.24) is 15.1 Å². The highest BCUT2D eigenvalue weighted by atomic mass is 16.4. The van der Waals surface area contributed by atoms with Gasteiger partial charge in [-0.1, -0.05) is 0 Å².